The summed E-state index contributed by atoms with van der Waals surface area (Å²) in [6.07, 6.45) is 1.53. The number of benzene rings is 2. The lowest BCUT2D eigenvalue weighted by Gasteiger charge is -2.32. The van der Waals surface area contributed by atoms with Crippen molar-refractivity contribution in [2.75, 3.05) is 18.4 Å². The predicted molar refractivity (Wildman–Crippen MR) is 127 cm³/mol. The molecule has 0 saturated carbocycles. The largest absolute Gasteiger partial charge is 0.361 e. The molecular weight excluding hydrogens is 416 g/mol. The predicted octanol–water partition coefficient (Wildman–Crippen LogP) is 4.93. The number of likely N-dealkylation sites (tertiary alicyclic amines) is 1. The van der Waals surface area contributed by atoms with E-state index >= 15 is 0 Å². The Bertz CT molecular complexity index is 1280. The number of aromatic nitrogens is 2. The average molecular weight is 443 g/mol. The molecule has 0 spiro atoms. The Balaban J connectivity index is 1.29. The van der Waals surface area contributed by atoms with Gasteiger partial charge < -0.3 is 19.7 Å². The summed E-state index contributed by atoms with van der Waals surface area (Å²) in [6.45, 7) is 4.51. The van der Waals surface area contributed by atoms with E-state index in [0.717, 1.165) is 40.7 Å². The van der Waals surface area contributed by atoms with Crippen LogP contribution in [0.3, 0.4) is 0 Å². The van der Waals surface area contributed by atoms with Crippen LogP contribution in [0.2, 0.25) is 0 Å². The molecule has 1 saturated heterocycles. The van der Waals surface area contributed by atoms with Crippen molar-refractivity contribution in [1.29, 1.82) is 0 Å². The number of piperidine rings is 1. The molecule has 2 amide bonds. The third-order valence-electron chi connectivity index (χ3n) is 6.30. The van der Waals surface area contributed by atoms with Gasteiger partial charge in [-0.3, -0.25) is 9.59 Å². The topological polar surface area (TPSA) is 91.2 Å². The zero-order valence-corrected chi connectivity index (χ0v) is 18.7. The minimum atomic E-state index is -0.264. The zero-order valence-electron chi connectivity index (χ0n) is 18.7. The summed E-state index contributed by atoms with van der Waals surface area (Å²) >= 11 is 0. The number of H-pyrrole nitrogens is 1. The first-order chi connectivity index (χ1) is 16.0. The summed E-state index contributed by atoms with van der Waals surface area (Å²) < 4.78 is 5.15. The van der Waals surface area contributed by atoms with E-state index in [9.17, 15) is 9.59 Å². The number of fused-ring (bicyclic) bond motifs is 1. The highest BCUT2D eigenvalue weighted by molar-refractivity contribution is 5.98. The summed E-state index contributed by atoms with van der Waals surface area (Å²) in [5.74, 6) is 0.0578. The van der Waals surface area contributed by atoms with Crippen molar-refractivity contribution in [3.63, 3.8) is 0 Å². The number of carbonyl (C=O) groups is 2. The summed E-state index contributed by atoms with van der Waals surface area (Å²) in [5.41, 5.74) is 4.90. The molecule has 1 atom stereocenters. The maximum atomic E-state index is 13.1. The molecule has 168 valence electrons. The Morgan fingerprint density at radius 3 is 2.76 bits per heavy atom. The van der Waals surface area contributed by atoms with Crippen LogP contribution in [0.4, 0.5) is 5.69 Å². The molecule has 4 aromatic rings. The van der Waals surface area contributed by atoms with Crippen LogP contribution in [-0.4, -0.2) is 39.9 Å². The van der Waals surface area contributed by atoms with Crippen LogP contribution < -0.4 is 5.32 Å². The maximum absolute atomic E-state index is 13.1. The van der Waals surface area contributed by atoms with Gasteiger partial charge in [-0.1, -0.05) is 35.5 Å². The molecule has 7 heteroatoms. The zero-order chi connectivity index (χ0) is 22.9. The normalized spacial score (nSPS) is 16.2. The first-order valence-electron chi connectivity index (χ1n) is 11.2. The second-order valence-electron chi connectivity index (χ2n) is 8.63. The van der Waals surface area contributed by atoms with Crippen LogP contribution in [0.5, 0.6) is 0 Å². The Labute approximate surface area is 191 Å². The van der Waals surface area contributed by atoms with Crippen LogP contribution >= 0.6 is 0 Å². The molecule has 3 heterocycles. The van der Waals surface area contributed by atoms with Gasteiger partial charge in [-0.2, -0.15) is 0 Å². The van der Waals surface area contributed by atoms with Gasteiger partial charge in [0.1, 0.15) is 11.3 Å². The molecule has 1 fully saturated rings. The van der Waals surface area contributed by atoms with Gasteiger partial charge in [-0.15, -0.1) is 0 Å². The van der Waals surface area contributed by atoms with E-state index in [1.165, 1.54) is 0 Å². The summed E-state index contributed by atoms with van der Waals surface area (Å²) in [7, 11) is 0. The number of aryl methyl sites for hydroxylation is 2. The highest BCUT2D eigenvalue weighted by Crippen LogP contribution is 2.27. The molecule has 1 unspecified atom stereocenters. The second-order valence-corrected chi connectivity index (χ2v) is 8.63. The van der Waals surface area contributed by atoms with Crippen LogP contribution in [0.1, 0.15) is 34.7 Å². The number of rotatable bonds is 4. The van der Waals surface area contributed by atoms with Crippen LogP contribution in [0.25, 0.3) is 22.2 Å². The SMILES string of the molecule is Cc1noc(C)c1C(=O)N1CCCC(C(=O)Nc2cccc(-c3cc4ccccc4[nH]3)c2)C1. The van der Waals surface area contributed by atoms with Crippen molar-refractivity contribution in [2.45, 2.75) is 26.7 Å². The number of aromatic amines is 1. The molecular formula is C26H26N4O3. The number of anilines is 1. The Morgan fingerprint density at radius 2 is 1.97 bits per heavy atom. The second kappa shape index (κ2) is 8.58. The summed E-state index contributed by atoms with van der Waals surface area (Å²) in [5, 5.41) is 8.08. The van der Waals surface area contributed by atoms with Gasteiger partial charge in [0.2, 0.25) is 5.91 Å². The van der Waals surface area contributed by atoms with Crippen molar-refractivity contribution in [2.24, 2.45) is 5.92 Å². The Morgan fingerprint density at radius 1 is 1.12 bits per heavy atom. The van der Waals surface area contributed by atoms with Crippen molar-refractivity contribution < 1.29 is 14.1 Å². The summed E-state index contributed by atoms with van der Waals surface area (Å²) in [6, 6.07) is 18.1. The molecule has 1 aliphatic rings. The molecule has 5 rings (SSSR count). The molecule has 2 N–H and O–H groups in total. The number of amides is 2. The molecule has 33 heavy (non-hydrogen) atoms. The Hall–Kier alpha value is -3.87. The van der Waals surface area contributed by atoms with Crippen molar-refractivity contribution in [3.05, 3.63) is 71.6 Å². The average Bonchev–Trinajstić information content (AvgIpc) is 3.41. The van der Waals surface area contributed by atoms with E-state index in [4.69, 9.17) is 4.52 Å². The van der Waals surface area contributed by atoms with Crippen molar-refractivity contribution in [3.8, 4) is 11.3 Å². The standard InChI is InChI=1S/C26H26N4O3/c1-16-24(17(2)33-29-16)26(32)30-12-6-9-20(15-30)25(31)27-21-10-5-8-18(13-21)23-14-19-7-3-4-11-22(19)28-23/h3-5,7-8,10-11,13-14,20,28H,6,9,12,15H2,1-2H3,(H,27,31). The van der Waals surface area contributed by atoms with E-state index in [1.54, 1.807) is 18.7 Å². The van der Waals surface area contributed by atoms with Gasteiger partial charge >= 0.3 is 0 Å². The maximum Gasteiger partial charge on any atom is 0.259 e. The highest BCUT2D eigenvalue weighted by atomic mass is 16.5. The smallest absolute Gasteiger partial charge is 0.259 e. The van der Waals surface area contributed by atoms with Crippen LogP contribution in [-0.2, 0) is 4.79 Å². The van der Waals surface area contributed by atoms with Gasteiger partial charge in [0.15, 0.2) is 0 Å². The number of hydrogen-bond donors (Lipinski definition) is 2. The van der Waals surface area contributed by atoms with E-state index in [1.807, 2.05) is 42.5 Å². The molecule has 0 bridgehead atoms. The van der Waals surface area contributed by atoms with Crippen LogP contribution in [0.15, 0.2) is 59.1 Å². The molecule has 0 radical (unpaired) electrons. The van der Waals surface area contributed by atoms with E-state index < -0.39 is 0 Å². The van der Waals surface area contributed by atoms with Crippen molar-refractivity contribution in [1.82, 2.24) is 15.0 Å². The van der Waals surface area contributed by atoms with Gasteiger partial charge in [0.25, 0.3) is 5.91 Å². The third kappa shape index (κ3) is 4.14. The number of nitrogens with one attached hydrogen (secondary N) is 2. The fourth-order valence-corrected chi connectivity index (χ4v) is 4.56. The third-order valence-corrected chi connectivity index (χ3v) is 6.30. The van der Waals surface area contributed by atoms with E-state index in [0.29, 0.717) is 30.1 Å². The van der Waals surface area contributed by atoms with E-state index in [2.05, 4.69) is 27.6 Å². The molecule has 0 aliphatic carbocycles. The lowest BCUT2D eigenvalue weighted by atomic mass is 9.96. The van der Waals surface area contributed by atoms with Gasteiger partial charge in [-0.05, 0) is 51.0 Å². The monoisotopic (exact) mass is 442 g/mol. The van der Waals surface area contributed by atoms with Gasteiger partial charge in [0, 0.05) is 40.9 Å². The number of nitrogens with zero attached hydrogens (tertiary/aromatic N) is 2. The lowest BCUT2D eigenvalue weighted by molar-refractivity contribution is -0.121. The quantitative estimate of drug-likeness (QED) is 0.469. The minimum Gasteiger partial charge on any atom is -0.361 e. The highest BCUT2D eigenvalue weighted by Gasteiger charge is 2.31. The molecule has 7 nitrogen and oxygen atoms in total. The van der Waals surface area contributed by atoms with Crippen molar-refractivity contribution >= 4 is 28.4 Å². The fraction of sp³-hybridized carbons (Fsp3) is 0.269. The minimum absolute atomic E-state index is 0.0694. The van der Waals surface area contributed by atoms with E-state index in [-0.39, 0.29) is 17.7 Å². The van der Waals surface area contributed by atoms with Gasteiger partial charge in [0.05, 0.1) is 11.6 Å². The first kappa shape index (κ1) is 21.0. The number of carbonyl (C=O) groups excluding carboxylic acids is 2. The van der Waals surface area contributed by atoms with Crippen LogP contribution in [0, 0.1) is 19.8 Å². The Kier molecular flexibility index (Phi) is 5.46. The summed E-state index contributed by atoms with van der Waals surface area (Å²) in [4.78, 5) is 31.2. The first-order valence-corrected chi connectivity index (χ1v) is 11.2. The lowest BCUT2D eigenvalue weighted by Crippen LogP contribution is -2.44. The molecule has 1 aliphatic heterocycles. The van der Waals surface area contributed by atoms with Gasteiger partial charge in [-0.25, -0.2) is 0 Å². The number of hydrogen-bond acceptors (Lipinski definition) is 4. The number of para-hydroxylation sites is 1. The molecule has 2 aromatic carbocycles. The fourth-order valence-electron chi connectivity index (χ4n) is 4.56. The molecule has 2 aromatic heterocycles.